The van der Waals surface area contributed by atoms with Crippen LogP contribution in [0.1, 0.15) is 5.56 Å². The highest BCUT2D eigenvalue weighted by atomic mass is 127. The van der Waals surface area contributed by atoms with Crippen LogP contribution in [0.25, 0.3) is 0 Å². The quantitative estimate of drug-likeness (QED) is 0.258. The molecule has 0 saturated carbocycles. The largest absolute Gasteiger partial charge is 0.419 e. The predicted octanol–water partition coefficient (Wildman–Crippen LogP) is 1.94. The number of pyridine rings is 1. The van der Waals surface area contributed by atoms with Crippen molar-refractivity contribution in [3.8, 4) is 0 Å². The number of halogens is 4. The molecular formula is C13H21F3IN5O. The standard InChI is InChI=1S/C13H20F3N5O.HI/c1-17-12(21-8-9-22-2)20-7-6-19-11-10(13(14,15)16)4-3-5-18-11;/h3-5H,6-9H2,1-2H3,(H,18,19)(H2,17,20,21);1H. The zero-order chi connectivity index (χ0) is 16.4. The first-order valence-electron chi connectivity index (χ1n) is 6.68. The summed E-state index contributed by atoms with van der Waals surface area (Å²) in [5.41, 5.74) is -0.780. The van der Waals surface area contributed by atoms with Crippen LogP contribution < -0.4 is 16.0 Å². The molecule has 0 saturated heterocycles. The van der Waals surface area contributed by atoms with E-state index in [1.165, 1.54) is 12.3 Å². The first kappa shape index (κ1) is 21.7. The Morgan fingerprint density at radius 1 is 1.26 bits per heavy atom. The molecule has 132 valence electrons. The van der Waals surface area contributed by atoms with Gasteiger partial charge in [0.2, 0.25) is 0 Å². The van der Waals surface area contributed by atoms with Crippen LogP contribution in [0.15, 0.2) is 23.3 Å². The van der Waals surface area contributed by atoms with Crippen LogP contribution in [-0.4, -0.2) is 51.3 Å². The summed E-state index contributed by atoms with van der Waals surface area (Å²) in [7, 11) is 3.20. The minimum absolute atomic E-state index is 0. The molecule has 0 aromatic carbocycles. The predicted molar refractivity (Wildman–Crippen MR) is 94.4 cm³/mol. The van der Waals surface area contributed by atoms with Gasteiger partial charge in [-0.1, -0.05) is 0 Å². The van der Waals surface area contributed by atoms with Gasteiger partial charge in [0.05, 0.1) is 12.2 Å². The maximum Gasteiger partial charge on any atom is 0.419 e. The van der Waals surface area contributed by atoms with E-state index < -0.39 is 11.7 Å². The average Bonchev–Trinajstić information content (AvgIpc) is 2.49. The molecule has 0 aliphatic carbocycles. The minimum Gasteiger partial charge on any atom is -0.383 e. The van der Waals surface area contributed by atoms with Gasteiger partial charge in [0, 0.05) is 40.0 Å². The fourth-order valence-electron chi connectivity index (χ4n) is 1.63. The van der Waals surface area contributed by atoms with Gasteiger partial charge in [-0.25, -0.2) is 4.98 Å². The Morgan fingerprint density at radius 3 is 2.57 bits per heavy atom. The number of nitrogens with zero attached hydrogens (tertiary/aromatic N) is 2. The van der Waals surface area contributed by atoms with Crippen molar-refractivity contribution in [2.45, 2.75) is 6.18 Å². The lowest BCUT2D eigenvalue weighted by Crippen LogP contribution is -2.40. The van der Waals surface area contributed by atoms with Gasteiger partial charge in [0.15, 0.2) is 5.96 Å². The third kappa shape index (κ3) is 8.21. The molecule has 0 aliphatic rings. The van der Waals surface area contributed by atoms with Crippen molar-refractivity contribution in [1.29, 1.82) is 0 Å². The number of ether oxygens (including phenoxy) is 1. The van der Waals surface area contributed by atoms with E-state index in [2.05, 4.69) is 25.9 Å². The molecule has 10 heteroatoms. The molecule has 1 rings (SSSR count). The van der Waals surface area contributed by atoms with E-state index in [-0.39, 0.29) is 36.3 Å². The number of anilines is 1. The Hall–Kier alpha value is -1.30. The van der Waals surface area contributed by atoms with E-state index in [0.29, 0.717) is 25.7 Å². The summed E-state index contributed by atoms with van der Waals surface area (Å²) >= 11 is 0. The maximum atomic E-state index is 12.8. The van der Waals surface area contributed by atoms with Gasteiger partial charge >= 0.3 is 6.18 Å². The van der Waals surface area contributed by atoms with Gasteiger partial charge in [0.25, 0.3) is 0 Å². The molecule has 0 atom stereocenters. The minimum atomic E-state index is -4.43. The number of guanidine groups is 1. The highest BCUT2D eigenvalue weighted by Crippen LogP contribution is 2.33. The van der Waals surface area contributed by atoms with E-state index in [4.69, 9.17) is 4.74 Å². The van der Waals surface area contributed by atoms with Crippen molar-refractivity contribution in [3.63, 3.8) is 0 Å². The summed E-state index contributed by atoms with van der Waals surface area (Å²) in [4.78, 5) is 7.70. The molecule has 0 radical (unpaired) electrons. The Kier molecular flexibility index (Phi) is 10.6. The van der Waals surface area contributed by atoms with Crippen LogP contribution in [0.2, 0.25) is 0 Å². The number of alkyl halides is 3. The van der Waals surface area contributed by atoms with Crippen LogP contribution in [0.5, 0.6) is 0 Å². The number of aliphatic imine (C=N–C) groups is 1. The van der Waals surface area contributed by atoms with E-state index in [9.17, 15) is 13.2 Å². The zero-order valence-electron chi connectivity index (χ0n) is 12.9. The Balaban J connectivity index is 0.00000484. The molecule has 23 heavy (non-hydrogen) atoms. The second-order valence-electron chi connectivity index (χ2n) is 4.24. The van der Waals surface area contributed by atoms with E-state index >= 15 is 0 Å². The summed E-state index contributed by atoms with van der Waals surface area (Å²) < 4.78 is 43.2. The number of hydrogen-bond acceptors (Lipinski definition) is 4. The first-order valence-corrected chi connectivity index (χ1v) is 6.68. The van der Waals surface area contributed by atoms with E-state index in [1.807, 2.05) is 0 Å². The van der Waals surface area contributed by atoms with Gasteiger partial charge in [-0.05, 0) is 12.1 Å². The molecule has 3 N–H and O–H groups in total. The van der Waals surface area contributed by atoms with Crippen molar-refractivity contribution in [2.24, 2.45) is 4.99 Å². The number of methoxy groups -OCH3 is 1. The van der Waals surface area contributed by atoms with Gasteiger partial charge < -0.3 is 20.7 Å². The smallest absolute Gasteiger partial charge is 0.383 e. The van der Waals surface area contributed by atoms with Crippen molar-refractivity contribution >= 4 is 35.8 Å². The molecule has 0 spiro atoms. The first-order chi connectivity index (χ1) is 10.5. The molecule has 1 aromatic rings. The van der Waals surface area contributed by atoms with Crippen molar-refractivity contribution in [3.05, 3.63) is 23.9 Å². The second kappa shape index (κ2) is 11.3. The summed E-state index contributed by atoms with van der Waals surface area (Å²) in [6.45, 7) is 1.77. The molecule has 1 aromatic heterocycles. The van der Waals surface area contributed by atoms with Crippen molar-refractivity contribution < 1.29 is 17.9 Å². The second-order valence-corrected chi connectivity index (χ2v) is 4.24. The lowest BCUT2D eigenvalue weighted by atomic mass is 10.2. The highest BCUT2D eigenvalue weighted by molar-refractivity contribution is 14.0. The van der Waals surface area contributed by atoms with Crippen LogP contribution >= 0.6 is 24.0 Å². The Morgan fingerprint density at radius 2 is 1.96 bits per heavy atom. The van der Waals surface area contributed by atoms with Crippen LogP contribution in [-0.2, 0) is 10.9 Å². The number of rotatable bonds is 7. The van der Waals surface area contributed by atoms with Gasteiger partial charge in [-0.2, -0.15) is 13.2 Å². The third-order valence-electron chi connectivity index (χ3n) is 2.65. The number of nitrogens with one attached hydrogen (secondary N) is 3. The summed E-state index contributed by atoms with van der Waals surface area (Å²) in [6, 6.07) is 2.25. The van der Waals surface area contributed by atoms with Crippen molar-refractivity contribution in [1.82, 2.24) is 15.6 Å². The maximum absolute atomic E-state index is 12.8. The Bertz CT molecular complexity index is 485. The van der Waals surface area contributed by atoms with Gasteiger partial charge in [-0.3, -0.25) is 4.99 Å². The highest BCUT2D eigenvalue weighted by Gasteiger charge is 2.33. The molecule has 0 fully saturated rings. The van der Waals surface area contributed by atoms with Gasteiger partial charge in [-0.15, -0.1) is 24.0 Å². The number of hydrogen-bond donors (Lipinski definition) is 3. The lowest BCUT2D eigenvalue weighted by Gasteiger charge is -2.14. The lowest BCUT2D eigenvalue weighted by molar-refractivity contribution is -0.137. The van der Waals surface area contributed by atoms with E-state index in [1.54, 1.807) is 14.2 Å². The molecule has 1 heterocycles. The normalized spacial score (nSPS) is 11.6. The molecule has 0 bridgehead atoms. The molecule has 6 nitrogen and oxygen atoms in total. The van der Waals surface area contributed by atoms with E-state index in [0.717, 1.165) is 6.07 Å². The van der Waals surface area contributed by atoms with Gasteiger partial charge in [0.1, 0.15) is 5.82 Å². The molecule has 0 aliphatic heterocycles. The fourth-order valence-corrected chi connectivity index (χ4v) is 1.63. The molecular weight excluding hydrogens is 426 g/mol. The summed E-state index contributed by atoms with van der Waals surface area (Å²) in [5, 5.41) is 8.63. The molecule has 0 unspecified atom stereocenters. The average molecular weight is 447 g/mol. The Labute approximate surface area is 150 Å². The molecule has 0 amide bonds. The summed E-state index contributed by atoms with van der Waals surface area (Å²) in [6.07, 6.45) is -3.11. The third-order valence-corrected chi connectivity index (χ3v) is 2.65. The monoisotopic (exact) mass is 447 g/mol. The number of aromatic nitrogens is 1. The van der Waals surface area contributed by atoms with Crippen LogP contribution in [0.3, 0.4) is 0 Å². The topological polar surface area (TPSA) is 70.6 Å². The van der Waals surface area contributed by atoms with Crippen molar-refractivity contribution in [2.75, 3.05) is 45.7 Å². The summed E-state index contributed by atoms with van der Waals surface area (Å²) in [5.74, 6) is 0.370. The van der Waals surface area contributed by atoms with Crippen LogP contribution in [0.4, 0.5) is 19.0 Å². The SMILES string of the molecule is CN=C(NCCNc1ncccc1C(F)(F)F)NCCOC.I. The van der Waals surface area contributed by atoms with Crippen LogP contribution in [0, 0.1) is 0 Å². The fraction of sp³-hybridized carbons (Fsp3) is 0.538. The zero-order valence-corrected chi connectivity index (χ0v) is 15.2.